The first-order valence-corrected chi connectivity index (χ1v) is 8.74. The number of Topliss-reactive ketones (excluding diaryl/α,β-unsaturated/α-hetero) is 1. The zero-order chi connectivity index (χ0) is 17.8. The largest absolute Gasteiger partial charge is 0.308 e. The van der Waals surface area contributed by atoms with Gasteiger partial charge < -0.3 is 5.41 Å². The normalized spacial score (nSPS) is 14.6. The summed E-state index contributed by atoms with van der Waals surface area (Å²) < 4.78 is 0. The molecule has 0 fully saturated rings. The maximum absolute atomic E-state index is 12.2. The molecule has 0 radical (unpaired) electrons. The van der Waals surface area contributed by atoms with Gasteiger partial charge in [0.2, 0.25) is 0 Å². The second kappa shape index (κ2) is 11.8. The highest BCUT2D eigenvalue weighted by Gasteiger charge is 2.09. The summed E-state index contributed by atoms with van der Waals surface area (Å²) >= 11 is 0. The van der Waals surface area contributed by atoms with Gasteiger partial charge in [-0.1, -0.05) is 64.8 Å². The van der Waals surface area contributed by atoms with E-state index in [2.05, 4.69) is 34.3 Å². The van der Waals surface area contributed by atoms with Crippen LogP contribution in [-0.4, -0.2) is 12.0 Å². The first kappa shape index (κ1) is 21.3. The van der Waals surface area contributed by atoms with Gasteiger partial charge in [0.15, 0.2) is 5.78 Å². The Labute approximate surface area is 142 Å². The molecular weight excluding hydrogens is 282 g/mol. The number of hydrogen-bond donors (Lipinski definition) is 1. The predicted molar refractivity (Wildman–Crippen MR) is 102 cm³/mol. The highest BCUT2D eigenvalue weighted by atomic mass is 16.1. The number of rotatable bonds is 11. The lowest BCUT2D eigenvalue weighted by Crippen LogP contribution is -2.03. The van der Waals surface area contributed by atoms with Gasteiger partial charge in [-0.05, 0) is 42.9 Å². The highest BCUT2D eigenvalue weighted by molar-refractivity contribution is 5.99. The molecular formula is C21H33NO. The molecule has 2 nitrogen and oxygen atoms in total. The molecule has 1 atom stereocenters. The van der Waals surface area contributed by atoms with E-state index in [1.165, 1.54) is 11.8 Å². The minimum Gasteiger partial charge on any atom is -0.308 e. The van der Waals surface area contributed by atoms with Crippen molar-refractivity contribution >= 4 is 12.0 Å². The summed E-state index contributed by atoms with van der Waals surface area (Å²) in [6.45, 7) is 14.5. The molecule has 0 aliphatic heterocycles. The molecule has 2 heteroatoms. The zero-order valence-electron chi connectivity index (χ0n) is 15.5. The van der Waals surface area contributed by atoms with Crippen LogP contribution < -0.4 is 0 Å². The maximum Gasteiger partial charge on any atom is 0.162 e. The number of hydrogen-bond acceptors (Lipinski definition) is 2. The van der Waals surface area contributed by atoms with E-state index in [1.807, 2.05) is 25.2 Å². The average molecular weight is 316 g/mol. The fraction of sp³-hybridized carbons (Fsp3) is 0.524. The minimum absolute atomic E-state index is 0.117. The molecule has 0 saturated heterocycles. The Hall–Kier alpha value is -1.70. The fourth-order valence-electron chi connectivity index (χ4n) is 2.13. The van der Waals surface area contributed by atoms with Crippen molar-refractivity contribution in [3.8, 4) is 0 Å². The Morgan fingerprint density at radius 3 is 2.30 bits per heavy atom. The van der Waals surface area contributed by atoms with Crippen LogP contribution >= 0.6 is 0 Å². The topological polar surface area (TPSA) is 40.9 Å². The Bertz CT molecular complexity index is 506. The van der Waals surface area contributed by atoms with Crippen molar-refractivity contribution in [3.63, 3.8) is 0 Å². The first-order valence-electron chi connectivity index (χ1n) is 8.74. The van der Waals surface area contributed by atoms with Gasteiger partial charge in [0.25, 0.3) is 0 Å². The van der Waals surface area contributed by atoms with E-state index >= 15 is 0 Å². The van der Waals surface area contributed by atoms with Gasteiger partial charge >= 0.3 is 0 Å². The fourth-order valence-corrected chi connectivity index (χ4v) is 2.13. The van der Waals surface area contributed by atoms with Crippen LogP contribution in [0.1, 0.15) is 66.7 Å². The highest BCUT2D eigenvalue weighted by Crippen LogP contribution is 2.19. The van der Waals surface area contributed by atoms with E-state index in [9.17, 15) is 4.79 Å². The third-order valence-electron chi connectivity index (χ3n) is 4.19. The molecule has 0 saturated carbocycles. The molecule has 0 aromatic carbocycles. The zero-order valence-corrected chi connectivity index (χ0v) is 15.5. The lowest BCUT2D eigenvalue weighted by molar-refractivity contribution is -0.115. The minimum atomic E-state index is 0.117. The quantitative estimate of drug-likeness (QED) is 0.209. The van der Waals surface area contributed by atoms with Crippen LogP contribution in [0.2, 0.25) is 0 Å². The molecule has 1 unspecified atom stereocenters. The predicted octanol–water partition coefficient (Wildman–Crippen LogP) is 6.21. The second-order valence-corrected chi connectivity index (χ2v) is 6.05. The average Bonchev–Trinajstić information content (AvgIpc) is 2.56. The van der Waals surface area contributed by atoms with Gasteiger partial charge in [-0.2, -0.15) is 0 Å². The molecule has 0 aliphatic rings. The van der Waals surface area contributed by atoms with Gasteiger partial charge in [-0.25, -0.2) is 0 Å². The van der Waals surface area contributed by atoms with Gasteiger partial charge in [0.1, 0.15) is 0 Å². The molecule has 23 heavy (non-hydrogen) atoms. The number of unbranched alkanes of at least 4 members (excludes halogenated alkanes) is 2. The Morgan fingerprint density at radius 1 is 1.17 bits per heavy atom. The standard InChI is InChI=1S/C21H33NO/c1-7-10-11-12-19(15-22)18(6)14-20(21(23)9-3)13-17(5)16(4)8-2/h12-16,22H,6-11H2,1-5H3/b17-13-,19-12-,20-14+,22-15?. The summed E-state index contributed by atoms with van der Waals surface area (Å²) in [7, 11) is 0. The SMILES string of the molecule is C=C(/C=C(\C=C(\C)C(C)CC)C(=O)CC)/C(C=N)=C\CCCC. The monoisotopic (exact) mass is 315 g/mol. The van der Waals surface area contributed by atoms with Crippen LogP contribution in [0, 0.1) is 11.3 Å². The van der Waals surface area contributed by atoms with Crippen molar-refractivity contribution < 1.29 is 4.79 Å². The van der Waals surface area contributed by atoms with Crippen LogP contribution in [-0.2, 0) is 4.79 Å². The van der Waals surface area contributed by atoms with Crippen molar-refractivity contribution in [1.82, 2.24) is 0 Å². The Kier molecular flexibility index (Phi) is 10.9. The van der Waals surface area contributed by atoms with Crippen molar-refractivity contribution in [2.75, 3.05) is 0 Å². The van der Waals surface area contributed by atoms with Crippen LogP contribution in [0.5, 0.6) is 0 Å². The first-order chi connectivity index (χ1) is 10.9. The number of allylic oxidation sites excluding steroid dienone is 7. The summed E-state index contributed by atoms with van der Waals surface area (Å²) in [6, 6.07) is 0. The number of carbonyl (C=O) groups excluding carboxylic acids is 1. The summed E-state index contributed by atoms with van der Waals surface area (Å²) in [4.78, 5) is 12.2. The summed E-state index contributed by atoms with van der Waals surface area (Å²) in [6.07, 6.45) is 11.9. The molecule has 0 spiro atoms. The van der Waals surface area contributed by atoms with Crippen LogP contribution in [0.4, 0.5) is 0 Å². The van der Waals surface area contributed by atoms with Gasteiger partial charge in [-0.3, -0.25) is 4.79 Å². The van der Waals surface area contributed by atoms with Crippen LogP contribution in [0.25, 0.3) is 0 Å². The Balaban J connectivity index is 5.50. The summed E-state index contributed by atoms with van der Waals surface area (Å²) in [5, 5.41) is 7.58. The molecule has 0 aliphatic carbocycles. The lowest BCUT2D eigenvalue weighted by atomic mass is 9.94. The third-order valence-corrected chi connectivity index (χ3v) is 4.19. The third kappa shape index (κ3) is 7.92. The van der Waals surface area contributed by atoms with Crippen molar-refractivity contribution in [3.05, 3.63) is 47.1 Å². The number of ketones is 1. The van der Waals surface area contributed by atoms with E-state index in [0.29, 0.717) is 17.9 Å². The molecule has 0 amide bonds. The summed E-state index contributed by atoms with van der Waals surface area (Å²) in [5.74, 6) is 0.574. The van der Waals surface area contributed by atoms with Gasteiger partial charge in [0.05, 0.1) is 0 Å². The van der Waals surface area contributed by atoms with E-state index in [4.69, 9.17) is 5.41 Å². The number of carbonyl (C=O) groups is 1. The molecule has 0 aromatic heterocycles. The smallest absolute Gasteiger partial charge is 0.162 e. The second-order valence-electron chi connectivity index (χ2n) is 6.05. The van der Waals surface area contributed by atoms with E-state index in [-0.39, 0.29) is 5.78 Å². The molecule has 1 N–H and O–H groups in total. The Morgan fingerprint density at radius 2 is 1.83 bits per heavy atom. The van der Waals surface area contributed by atoms with Gasteiger partial charge in [0, 0.05) is 18.2 Å². The lowest BCUT2D eigenvalue weighted by Gasteiger charge is -2.11. The molecule has 0 bridgehead atoms. The summed E-state index contributed by atoms with van der Waals surface area (Å²) in [5.41, 5.74) is 3.44. The maximum atomic E-state index is 12.2. The van der Waals surface area contributed by atoms with E-state index in [0.717, 1.165) is 36.8 Å². The molecule has 0 rings (SSSR count). The van der Waals surface area contributed by atoms with Crippen LogP contribution in [0.15, 0.2) is 47.1 Å². The van der Waals surface area contributed by atoms with Crippen LogP contribution in [0.3, 0.4) is 0 Å². The van der Waals surface area contributed by atoms with E-state index < -0.39 is 0 Å². The molecule has 128 valence electrons. The van der Waals surface area contributed by atoms with Crippen molar-refractivity contribution in [2.24, 2.45) is 5.92 Å². The van der Waals surface area contributed by atoms with E-state index in [1.54, 1.807) is 0 Å². The van der Waals surface area contributed by atoms with Crippen molar-refractivity contribution in [1.29, 1.82) is 5.41 Å². The van der Waals surface area contributed by atoms with Crippen molar-refractivity contribution in [2.45, 2.75) is 66.7 Å². The van der Waals surface area contributed by atoms with Gasteiger partial charge in [-0.15, -0.1) is 0 Å². The molecule has 0 aromatic rings. The number of nitrogens with one attached hydrogen (secondary N) is 1. The molecule has 0 heterocycles.